The Morgan fingerprint density at radius 1 is 1.11 bits per heavy atom. The highest BCUT2D eigenvalue weighted by molar-refractivity contribution is 5.83. The minimum absolute atomic E-state index is 0.0666. The lowest BCUT2D eigenvalue weighted by molar-refractivity contribution is -0.122. The first-order valence-electron chi connectivity index (χ1n) is 7.41. The summed E-state index contributed by atoms with van der Waals surface area (Å²) in [7, 11) is 0. The summed E-state index contributed by atoms with van der Waals surface area (Å²) in [5.41, 5.74) is 2.43. The van der Waals surface area contributed by atoms with Crippen molar-refractivity contribution in [2.24, 2.45) is 5.92 Å². The topological polar surface area (TPSA) is 29.1 Å². The molecular formula is C17H29NO. The van der Waals surface area contributed by atoms with E-state index in [4.69, 9.17) is 0 Å². The molecule has 0 aliphatic carbocycles. The van der Waals surface area contributed by atoms with Crippen LogP contribution in [0.15, 0.2) is 24.3 Å². The Morgan fingerprint density at radius 3 is 2.05 bits per heavy atom. The van der Waals surface area contributed by atoms with Gasteiger partial charge in [0, 0.05) is 6.54 Å². The second-order valence-corrected chi connectivity index (χ2v) is 4.96. The van der Waals surface area contributed by atoms with Crippen molar-refractivity contribution in [3.05, 3.63) is 35.4 Å². The lowest BCUT2D eigenvalue weighted by Crippen LogP contribution is -2.27. The molecule has 1 N–H and O–H groups in total. The van der Waals surface area contributed by atoms with Crippen LogP contribution in [0.5, 0.6) is 0 Å². The zero-order chi connectivity index (χ0) is 14.8. The van der Waals surface area contributed by atoms with E-state index in [1.54, 1.807) is 0 Å². The number of carbonyl (C=O) groups excluding carboxylic acids is 1. The van der Waals surface area contributed by atoms with Gasteiger partial charge in [-0.2, -0.15) is 0 Å². The molecule has 2 nitrogen and oxygen atoms in total. The van der Waals surface area contributed by atoms with Gasteiger partial charge in [0.05, 0.1) is 5.92 Å². The Balaban J connectivity index is 0.00000154. The molecule has 1 aromatic rings. The third-order valence-corrected chi connectivity index (χ3v) is 2.87. The molecule has 2 heteroatoms. The SMILES string of the molecule is CC.CCNC(=O)C(C)c1ccc(CC(C)C)cc1. The van der Waals surface area contributed by atoms with Crippen LogP contribution < -0.4 is 5.32 Å². The molecule has 0 fully saturated rings. The maximum atomic E-state index is 11.7. The zero-order valence-corrected chi connectivity index (χ0v) is 13.3. The summed E-state index contributed by atoms with van der Waals surface area (Å²) >= 11 is 0. The summed E-state index contributed by atoms with van der Waals surface area (Å²) in [5, 5.41) is 2.85. The largest absolute Gasteiger partial charge is 0.356 e. The Bertz CT molecular complexity index is 354. The van der Waals surface area contributed by atoms with Crippen LogP contribution in [0.4, 0.5) is 0 Å². The fourth-order valence-corrected chi connectivity index (χ4v) is 1.89. The Kier molecular flexibility index (Phi) is 8.94. The lowest BCUT2D eigenvalue weighted by atomic mass is 9.96. The van der Waals surface area contributed by atoms with Crippen LogP contribution in [0.2, 0.25) is 0 Å². The summed E-state index contributed by atoms with van der Waals surface area (Å²) in [6, 6.07) is 8.39. The molecule has 1 atom stereocenters. The molecular weight excluding hydrogens is 234 g/mol. The van der Waals surface area contributed by atoms with Crippen molar-refractivity contribution in [3.8, 4) is 0 Å². The van der Waals surface area contributed by atoms with Crippen molar-refractivity contribution in [2.75, 3.05) is 6.54 Å². The minimum atomic E-state index is -0.0666. The zero-order valence-electron chi connectivity index (χ0n) is 13.3. The molecule has 0 aliphatic rings. The van der Waals surface area contributed by atoms with Gasteiger partial charge < -0.3 is 5.32 Å². The third kappa shape index (κ3) is 6.42. The molecule has 1 unspecified atom stereocenters. The summed E-state index contributed by atoms with van der Waals surface area (Å²) in [6.45, 7) is 13.0. The number of benzene rings is 1. The second-order valence-electron chi connectivity index (χ2n) is 4.96. The highest BCUT2D eigenvalue weighted by atomic mass is 16.1. The van der Waals surface area contributed by atoms with Gasteiger partial charge >= 0.3 is 0 Å². The van der Waals surface area contributed by atoms with Crippen LogP contribution in [-0.4, -0.2) is 12.5 Å². The number of likely N-dealkylation sites (N-methyl/N-ethyl adjacent to an activating group) is 1. The van der Waals surface area contributed by atoms with Gasteiger partial charge in [0.1, 0.15) is 0 Å². The summed E-state index contributed by atoms with van der Waals surface area (Å²) < 4.78 is 0. The molecule has 0 spiro atoms. The van der Waals surface area contributed by atoms with E-state index in [0.29, 0.717) is 12.5 Å². The van der Waals surface area contributed by atoms with E-state index in [2.05, 4.69) is 43.4 Å². The van der Waals surface area contributed by atoms with E-state index in [0.717, 1.165) is 12.0 Å². The summed E-state index contributed by atoms with van der Waals surface area (Å²) in [5.74, 6) is 0.703. The predicted molar refractivity (Wildman–Crippen MR) is 83.4 cm³/mol. The van der Waals surface area contributed by atoms with Crippen LogP contribution >= 0.6 is 0 Å². The van der Waals surface area contributed by atoms with E-state index < -0.39 is 0 Å². The fourth-order valence-electron chi connectivity index (χ4n) is 1.89. The van der Waals surface area contributed by atoms with E-state index in [9.17, 15) is 4.79 Å². The minimum Gasteiger partial charge on any atom is -0.356 e. The van der Waals surface area contributed by atoms with Crippen molar-refractivity contribution in [1.29, 1.82) is 0 Å². The van der Waals surface area contributed by atoms with E-state index in [1.165, 1.54) is 5.56 Å². The Morgan fingerprint density at radius 2 is 1.63 bits per heavy atom. The van der Waals surface area contributed by atoms with Gasteiger partial charge in [0.2, 0.25) is 5.91 Å². The predicted octanol–water partition coefficient (Wildman–Crippen LogP) is 4.15. The second kappa shape index (κ2) is 9.60. The molecule has 0 saturated heterocycles. The fraction of sp³-hybridized carbons (Fsp3) is 0.588. The summed E-state index contributed by atoms with van der Waals surface area (Å²) in [6.07, 6.45) is 1.09. The first-order chi connectivity index (χ1) is 9.04. The number of amides is 1. The average molecular weight is 263 g/mol. The van der Waals surface area contributed by atoms with E-state index in [1.807, 2.05) is 27.7 Å². The molecule has 1 amide bonds. The standard InChI is InChI=1S/C15H23NO.C2H6/c1-5-16-15(17)12(4)14-8-6-13(7-9-14)10-11(2)3;1-2/h6-9,11-12H,5,10H2,1-4H3,(H,16,17);1-2H3. The number of carbonyl (C=O) groups is 1. The van der Waals surface area contributed by atoms with Gasteiger partial charge in [-0.15, -0.1) is 0 Å². The first kappa shape index (κ1) is 17.7. The van der Waals surface area contributed by atoms with Crippen molar-refractivity contribution < 1.29 is 4.79 Å². The molecule has 1 rings (SSSR count). The van der Waals surface area contributed by atoms with E-state index >= 15 is 0 Å². The van der Waals surface area contributed by atoms with Gasteiger partial charge in [-0.1, -0.05) is 52.0 Å². The monoisotopic (exact) mass is 263 g/mol. The molecule has 108 valence electrons. The lowest BCUT2D eigenvalue weighted by Gasteiger charge is -2.12. The first-order valence-corrected chi connectivity index (χ1v) is 7.41. The molecule has 19 heavy (non-hydrogen) atoms. The van der Waals surface area contributed by atoms with Crippen molar-refractivity contribution in [2.45, 2.75) is 53.9 Å². The number of hydrogen-bond acceptors (Lipinski definition) is 1. The smallest absolute Gasteiger partial charge is 0.227 e. The molecule has 0 aromatic heterocycles. The number of rotatable bonds is 5. The van der Waals surface area contributed by atoms with Crippen LogP contribution in [0.1, 0.15) is 58.6 Å². The quantitative estimate of drug-likeness (QED) is 0.849. The van der Waals surface area contributed by atoms with Crippen LogP contribution in [0.25, 0.3) is 0 Å². The molecule has 1 aromatic carbocycles. The highest BCUT2D eigenvalue weighted by Gasteiger charge is 2.13. The van der Waals surface area contributed by atoms with Crippen molar-refractivity contribution in [1.82, 2.24) is 5.32 Å². The third-order valence-electron chi connectivity index (χ3n) is 2.87. The molecule has 0 bridgehead atoms. The molecule has 0 saturated carbocycles. The molecule has 0 radical (unpaired) electrons. The van der Waals surface area contributed by atoms with Gasteiger partial charge in [-0.3, -0.25) is 4.79 Å². The Hall–Kier alpha value is -1.31. The van der Waals surface area contributed by atoms with Gasteiger partial charge in [0.15, 0.2) is 0 Å². The molecule has 0 heterocycles. The average Bonchev–Trinajstić information content (AvgIpc) is 2.41. The van der Waals surface area contributed by atoms with Gasteiger partial charge in [0.25, 0.3) is 0 Å². The summed E-state index contributed by atoms with van der Waals surface area (Å²) in [4.78, 5) is 11.7. The number of hydrogen-bond donors (Lipinski definition) is 1. The Labute approximate surface area is 118 Å². The maximum Gasteiger partial charge on any atom is 0.227 e. The van der Waals surface area contributed by atoms with Crippen LogP contribution in [0, 0.1) is 5.92 Å². The normalized spacial score (nSPS) is 11.5. The van der Waals surface area contributed by atoms with Gasteiger partial charge in [-0.25, -0.2) is 0 Å². The highest BCUT2D eigenvalue weighted by Crippen LogP contribution is 2.17. The maximum absolute atomic E-state index is 11.7. The van der Waals surface area contributed by atoms with Crippen LogP contribution in [0.3, 0.4) is 0 Å². The van der Waals surface area contributed by atoms with Crippen molar-refractivity contribution in [3.63, 3.8) is 0 Å². The van der Waals surface area contributed by atoms with Gasteiger partial charge in [-0.05, 0) is 37.3 Å². The molecule has 0 aliphatic heterocycles. The van der Waals surface area contributed by atoms with E-state index in [-0.39, 0.29) is 11.8 Å². The van der Waals surface area contributed by atoms with Crippen LogP contribution in [-0.2, 0) is 11.2 Å². The number of nitrogens with one attached hydrogen (secondary N) is 1. The van der Waals surface area contributed by atoms with Crippen molar-refractivity contribution >= 4 is 5.91 Å².